The van der Waals surface area contributed by atoms with Crippen LogP contribution in [0.3, 0.4) is 0 Å². The van der Waals surface area contributed by atoms with Crippen molar-refractivity contribution in [2.45, 2.75) is 19.8 Å². The van der Waals surface area contributed by atoms with E-state index in [0.29, 0.717) is 11.5 Å². The fourth-order valence-electron chi connectivity index (χ4n) is 2.65. The highest BCUT2D eigenvalue weighted by Crippen LogP contribution is 2.19. The van der Waals surface area contributed by atoms with Crippen LogP contribution in [0, 0.1) is 5.92 Å². The zero-order valence-electron chi connectivity index (χ0n) is 11.0. The molecule has 0 saturated carbocycles. The van der Waals surface area contributed by atoms with E-state index in [2.05, 4.69) is 16.9 Å². The lowest BCUT2D eigenvalue weighted by Crippen LogP contribution is -2.39. The number of benzene rings is 1. The standard InChI is InChI=1S/C15H17N3O/c1-11-3-2-8-18(10-11)15(19)12-4-5-13-14(9-12)17-7-6-16-13/h4-7,9,11H,2-3,8,10H2,1H3/t11-/m0/s1. The van der Waals surface area contributed by atoms with Crippen LogP contribution in [0.2, 0.25) is 0 Å². The van der Waals surface area contributed by atoms with Gasteiger partial charge in [0, 0.05) is 31.0 Å². The molecule has 19 heavy (non-hydrogen) atoms. The molecule has 4 heteroatoms. The minimum Gasteiger partial charge on any atom is -0.338 e. The van der Waals surface area contributed by atoms with Crippen LogP contribution in [0.1, 0.15) is 30.1 Å². The molecule has 2 aromatic rings. The van der Waals surface area contributed by atoms with Crippen LogP contribution in [0.4, 0.5) is 0 Å². The SMILES string of the molecule is C[C@H]1CCCN(C(=O)c2ccc3nccnc3c2)C1. The smallest absolute Gasteiger partial charge is 0.253 e. The van der Waals surface area contributed by atoms with Crippen molar-refractivity contribution in [3.05, 3.63) is 36.2 Å². The summed E-state index contributed by atoms with van der Waals surface area (Å²) in [6.07, 6.45) is 5.63. The first kappa shape index (κ1) is 12.1. The van der Waals surface area contributed by atoms with E-state index in [1.807, 2.05) is 23.1 Å². The van der Waals surface area contributed by atoms with E-state index in [4.69, 9.17) is 0 Å². The highest BCUT2D eigenvalue weighted by molar-refractivity contribution is 5.97. The first-order chi connectivity index (χ1) is 9.24. The molecule has 4 nitrogen and oxygen atoms in total. The van der Waals surface area contributed by atoms with Crippen molar-refractivity contribution in [2.24, 2.45) is 5.92 Å². The predicted molar refractivity (Wildman–Crippen MR) is 73.8 cm³/mol. The summed E-state index contributed by atoms with van der Waals surface area (Å²) in [5, 5.41) is 0. The monoisotopic (exact) mass is 255 g/mol. The number of hydrogen-bond donors (Lipinski definition) is 0. The van der Waals surface area contributed by atoms with Crippen LogP contribution in [0.25, 0.3) is 11.0 Å². The van der Waals surface area contributed by atoms with Crippen molar-refractivity contribution in [2.75, 3.05) is 13.1 Å². The van der Waals surface area contributed by atoms with E-state index in [-0.39, 0.29) is 5.91 Å². The van der Waals surface area contributed by atoms with Crippen LogP contribution in [0.15, 0.2) is 30.6 Å². The van der Waals surface area contributed by atoms with E-state index in [9.17, 15) is 4.79 Å². The lowest BCUT2D eigenvalue weighted by molar-refractivity contribution is 0.0683. The molecule has 0 bridgehead atoms. The van der Waals surface area contributed by atoms with Gasteiger partial charge in [0.15, 0.2) is 0 Å². The zero-order chi connectivity index (χ0) is 13.2. The number of amides is 1. The van der Waals surface area contributed by atoms with Crippen molar-refractivity contribution in [3.63, 3.8) is 0 Å². The third-order valence-corrected chi connectivity index (χ3v) is 3.66. The molecule has 2 heterocycles. The molecule has 0 N–H and O–H groups in total. The number of hydrogen-bond acceptors (Lipinski definition) is 3. The van der Waals surface area contributed by atoms with Gasteiger partial charge in [-0.15, -0.1) is 0 Å². The van der Waals surface area contributed by atoms with Gasteiger partial charge in [0.05, 0.1) is 11.0 Å². The number of piperidine rings is 1. The molecule has 0 spiro atoms. The largest absolute Gasteiger partial charge is 0.338 e. The lowest BCUT2D eigenvalue weighted by atomic mass is 9.99. The second kappa shape index (κ2) is 4.96. The molecular formula is C15H17N3O. The molecule has 1 aromatic carbocycles. The van der Waals surface area contributed by atoms with Gasteiger partial charge in [-0.1, -0.05) is 6.92 Å². The number of aromatic nitrogens is 2. The molecular weight excluding hydrogens is 238 g/mol. The average Bonchev–Trinajstić information content (AvgIpc) is 2.46. The Labute approximate surface area is 112 Å². The minimum atomic E-state index is 0.110. The molecule has 1 aliphatic heterocycles. The van der Waals surface area contributed by atoms with Crippen molar-refractivity contribution < 1.29 is 4.79 Å². The maximum atomic E-state index is 12.5. The Balaban J connectivity index is 1.88. The Morgan fingerprint density at radius 2 is 2.05 bits per heavy atom. The second-order valence-corrected chi connectivity index (χ2v) is 5.26. The molecule has 1 aliphatic rings. The Morgan fingerprint density at radius 3 is 2.84 bits per heavy atom. The maximum Gasteiger partial charge on any atom is 0.253 e. The minimum absolute atomic E-state index is 0.110. The summed E-state index contributed by atoms with van der Waals surface area (Å²) in [6.45, 7) is 3.92. The summed E-state index contributed by atoms with van der Waals surface area (Å²) in [5.74, 6) is 0.706. The molecule has 98 valence electrons. The number of nitrogens with zero attached hydrogens (tertiary/aromatic N) is 3. The number of fused-ring (bicyclic) bond motifs is 1. The van der Waals surface area contributed by atoms with Gasteiger partial charge in [0.1, 0.15) is 0 Å². The van der Waals surface area contributed by atoms with E-state index in [1.54, 1.807) is 12.4 Å². The summed E-state index contributed by atoms with van der Waals surface area (Å²) in [4.78, 5) is 22.9. The third kappa shape index (κ3) is 2.43. The Bertz CT molecular complexity index is 611. The predicted octanol–water partition coefficient (Wildman–Crippen LogP) is 2.50. The van der Waals surface area contributed by atoms with Gasteiger partial charge in [-0.2, -0.15) is 0 Å². The van der Waals surface area contributed by atoms with Gasteiger partial charge in [-0.3, -0.25) is 14.8 Å². The maximum absolute atomic E-state index is 12.5. The van der Waals surface area contributed by atoms with Gasteiger partial charge in [0.25, 0.3) is 5.91 Å². The van der Waals surface area contributed by atoms with Gasteiger partial charge in [0.2, 0.25) is 0 Å². The summed E-state index contributed by atoms with van der Waals surface area (Å²) in [7, 11) is 0. The highest BCUT2D eigenvalue weighted by Gasteiger charge is 2.22. The molecule has 0 radical (unpaired) electrons. The molecule has 1 amide bonds. The van der Waals surface area contributed by atoms with E-state index in [1.165, 1.54) is 6.42 Å². The molecule has 0 aliphatic carbocycles. The molecule has 1 atom stereocenters. The van der Waals surface area contributed by atoms with Gasteiger partial charge in [-0.25, -0.2) is 0 Å². The first-order valence-corrected chi connectivity index (χ1v) is 6.74. The zero-order valence-corrected chi connectivity index (χ0v) is 11.0. The fraction of sp³-hybridized carbons (Fsp3) is 0.400. The number of carbonyl (C=O) groups is 1. The first-order valence-electron chi connectivity index (χ1n) is 6.74. The van der Waals surface area contributed by atoms with Crippen LogP contribution < -0.4 is 0 Å². The molecule has 1 saturated heterocycles. The molecule has 1 aromatic heterocycles. The Kier molecular flexibility index (Phi) is 3.15. The van der Waals surface area contributed by atoms with Crippen molar-refractivity contribution in [1.29, 1.82) is 0 Å². The summed E-state index contributed by atoms with van der Waals surface area (Å²) in [5.41, 5.74) is 2.31. The van der Waals surface area contributed by atoms with E-state index in [0.717, 1.165) is 30.5 Å². The summed E-state index contributed by atoms with van der Waals surface area (Å²) in [6, 6.07) is 5.55. The van der Waals surface area contributed by atoms with Gasteiger partial charge < -0.3 is 4.90 Å². The fourth-order valence-corrected chi connectivity index (χ4v) is 2.65. The third-order valence-electron chi connectivity index (χ3n) is 3.66. The van der Waals surface area contributed by atoms with Crippen molar-refractivity contribution >= 4 is 16.9 Å². The quantitative estimate of drug-likeness (QED) is 0.786. The van der Waals surface area contributed by atoms with Gasteiger partial charge in [-0.05, 0) is 37.0 Å². The van der Waals surface area contributed by atoms with Crippen LogP contribution >= 0.6 is 0 Å². The summed E-state index contributed by atoms with van der Waals surface area (Å²) < 4.78 is 0. The second-order valence-electron chi connectivity index (χ2n) is 5.26. The van der Waals surface area contributed by atoms with Crippen LogP contribution in [-0.2, 0) is 0 Å². The molecule has 0 unspecified atom stereocenters. The number of carbonyl (C=O) groups excluding carboxylic acids is 1. The van der Waals surface area contributed by atoms with E-state index >= 15 is 0 Å². The topological polar surface area (TPSA) is 46.1 Å². The van der Waals surface area contributed by atoms with Crippen LogP contribution in [-0.4, -0.2) is 33.9 Å². The number of rotatable bonds is 1. The lowest BCUT2D eigenvalue weighted by Gasteiger charge is -2.31. The normalized spacial score (nSPS) is 19.6. The van der Waals surface area contributed by atoms with Crippen molar-refractivity contribution in [1.82, 2.24) is 14.9 Å². The molecule has 1 fully saturated rings. The Hall–Kier alpha value is -1.97. The Morgan fingerprint density at radius 1 is 1.26 bits per heavy atom. The average molecular weight is 255 g/mol. The highest BCUT2D eigenvalue weighted by atomic mass is 16.2. The molecule has 3 rings (SSSR count). The van der Waals surface area contributed by atoms with E-state index < -0.39 is 0 Å². The van der Waals surface area contributed by atoms with Crippen LogP contribution in [0.5, 0.6) is 0 Å². The van der Waals surface area contributed by atoms with Crippen molar-refractivity contribution in [3.8, 4) is 0 Å². The summed E-state index contributed by atoms with van der Waals surface area (Å²) >= 11 is 0. The number of likely N-dealkylation sites (tertiary alicyclic amines) is 1. The van der Waals surface area contributed by atoms with Gasteiger partial charge >= 0.3 is 0 Å².